The first-order chi connectivity index (χ1) is 11.8. The number of aromatic nitrogens is 1. The Hall–Kier alpha value is -2.73. The molecule has 0 unspecified atom stereocenters. The molecular weight excluding hydrogens is 371 g/mol. The first-order valence-electron chi connectivity index (χ1n) is 6.82. The monoisotopic (exact) mass is 386 g/mol. The molecule has 12 heteroatoms. The summed E-state index contributed by atoms with van der Waals surface area (Å²) in [5.41, 5.74) is 6.63. The maximum atomic E-state index is 14.1. The summed E-state index contributed by atoms with van der Waals surface area (Å²) in [6, 6.07) is 3.38. The van der Waals surface area contributed by atoms with Crippen molar-refractivity contribution in [3.63, 3.8) is 0 Å². The maximum Gasteiger partial charge on any atom is 0.262 e. The molecule has 0 atom stereocenters. The highest BCUT2D eigenvalue weighted by molar-refractivity contribution is 7.93. The molecular formula is C13H15FN6O3S2. The average molecular weight is 386 g/mol. The fourth-order valence-corrected chi connectivity index (χ4v) is 3.55. The van der Waals surface area contributed by atoms with Crippen LogP contribution in [0.25, 0.3) is 0 Å². The minimum Gasteiger partial charge on any atom is -0.370 e. The van der Waals surface area contributed by atoms with Crippen LogP contribution in [0.3, 0.4) is 0 Å². The Balaban J connectivity index is 2.02. The Morgan fingerprint density at radius 2 is 2.12 bits per heavy atom. The Kier molecular flexibility index (Phi) is 5.88. The van der Waals surface area contributed by atoms with Gasteiger partial charge in [0.1, 0.15) is 10.8 Å². The molecule has 134 valence electrons. The highest BCUT2D eigenvalue weighted by atomic mass is 32.2. The number of carbonyl (C=O) groups is 1. The van der Waals surface area contributed by atoms with Gasteiger partial charge in [0.05, 0.1) is 23.1 Å². The van der Waals surface area contributed by atoms with E-state index in [4.69, 9.17) is 11.1 Å². The number of hydrogen-bond donors (Lipinski definition) is 5. The lowest BCUT2D eigenvalue weighted by Gasteiger charge is -2.10. The minimum absolute atomic E-state index is 0.118. The van der Waals surface area contributed by atoms with Crippen LogP contribution in [0.4, 0.5) is 9.39 Å². The number of halogens is 1. The number of thiazole rings is 1. The summed E-state index contributed by atoms with van der Waals surface area (Å²) in [5, 5.41) is 12.0. The fraction of sp³-hybridized carbons (Fsp3) is 0.154. The van der Waals surface area contributed by atoms with Gasteiger partial charge in [-0.15, -0.1) is 11.3 Å². The summed E-state index contributed by atoms with van der Waals surface area (Å²) in [6.07, 6.45) is 1.34. The van der Waals surface area contributed by atoms with Gasteiger partial charge in [0.15, 0.2) is 5.96 Å². The molecule has 2 aromatic rings. The molecule has 0 aliphatic rings. The van der Waals surface area contributed by atoms with E-state index in [1.54, 1.807) is 0 Å². The number of sulfonamides is 1. The van der Waals surface area contributed by atoms with Gasteiger partial charge in [0.2, 0.25) is 5.91 Å². The van der Waals surface area contributed by atoms with E-state index in [1.165, 1.54) is 23.8 Å². The average Bonchev–Trinajstić information content (AvgIpc) is 3.03. The van der Waals surface area contributed by atoms with Crippen molar-refractivity contribution >= 4 is 38.2 Å². The number of nitrogens with one attached hydrogen (secondary N) is 4. The molecule has 0 saturated carbocycles. The Morgan fingerprint density at radius 1 is 1.36 bits per heavy atom. The lowest BCUT2D eigenvalue weighted by Crippen LogP contribution is -2.39. The molecule has 2 rings (SSSR count). The smallest absolute Gasteiger partial charge is 0.262 e. The molecule has 1 aromatic heterocycles. The van der Waals surface area contributed by atoms with Crippen LogP contribution in [-0.4, -0.2) is 31.8 Å². The molecule has 0 spiro atoms. The third-order valence-electron chi connectivity index (χ3n) is 2.92. The zero-order valence-corrected chi connectivity index (χ0v) is 14.4. The van der Waals surface area contributed by atoms with Crippen LogP contribution >= 0.6 is 11.3 Å². The van der Waals surface area contributed by atoms with Gasteiger partial charge >= 0.3 is 0 Å². The lowest BCUT2D eigenvalue weighted by atomic mass is 10.2. The van der Waals surface area contributed by atoms with Crippen molar-refractivity contribution in [2.45, 2.75) is 11.4 Å². The number of rotatable bonds is 7. The third kappa shape index (κ3) is 5.39. The fourth-order valence-electron chi connectivity index (χ4n) is 1.73. The number of nitrogens with zero attached hydrogens (tertiary/aromatic N) is 1. The van der Waals surface area contributed by atoms with E-state index in [2.05, 4.69) is 20.3 Å². The summed E-state index contributed by atoms with van der Waals surface area (Å²) in [6.45, 7) is -0.352. The summed E-state index contributed by atoms with van der Waals surface area (Å²) in [7, 11) is -3.93. The normalized spacial score (nSPS) is 10.9. The van der Waals surface area contributed by atoms with E-state index in [0.717, 1.165) is 17.4 Å². The summed E-state index contributed by atoms with van der Waals surface area (Å²) >= 11 is 1.10. The largest absolute Gasteiger partial charge is 0.370 e. The summed E-state index contributed by atoms with van der Waals surface area (Å²) < 4.78 is 40.7. The van der Waals surface area contributed by atoms with Gasteiger partial charge in [-0.3, -0.25) is 19.9 Å². The van der Waals surface area contributed by atoms with Gasteiger partial charge in [-0.1, -0.05) is 6.07 Å². The van der Waals surface area contributed by atoms with E-state index in [-0.39, 0.29) is 29.5 Å². The van der Waals surface area contributed by atoms with E-state index >= 15 is 0 Å². The van der Waals surface area contributed by atoms with E-state index in [1.807, 2.05) is 0 Å². The number of nitrogens with two attached hydrogens (primary N) is 1. The second-order valence-electron chi connectivity index (χ2n) is 4.77. The van der Waals surface area contributed by atoms with Crippen molar-refractivity contribution in [3.05, 3.63) is 41.3 Å². The van der Waals surface area contributed by atoms with Crippen molar-refractivity contribution in [1.29, 1.82) is 5.41 Å². The maximum absolute atomic E-state index is 14.1. The zero-order chi connectivity index (χ0) is 18.4. The summed E-state index contributed by atoms with van der Waals surface area (Å²) in [4.78, 5) is 15.0. The zero-order valence-electron chi connectivity index (χ0n) is 12.7. The second kappa shape index (κ2) is 7.90. The van der Waals surface area contributed by atoms with Gasteiger partial charge in [0, 0.05) is 12.1 Å². The van der Waals surface area contributed by atoms with Gasteiger partial charge in [-0.05, 0) is 12.1 Å². The SMILES string of the molecule is N=C(N)NCC(=O)NCc1ccc(S(=O)(=O)Nc2cncs2)cc1F. The highest BCUT2D eigenvalue weighted by Crippen LogP contribution is 2.20. The standard InChI is InChI=1S/C13H15FN6O3S2/c14-10-3-9(25(22,23)20-12-6-17-7-24-12)2-1-8(10)4-18-11(21)5-19-13(15)16/h1-3,6-7,20H,4-5H2,(H,18,21)(H4,15,16,19). The number of anilines is 1. The molecule has 0 aliphatic heterocycles. The first-order valence-corrected chi connectivity index (χ1v) is 9.18. The Morgan fingerprint density at radius 3 is 2.72 bits per heavy atom. The third-order valence-corrected chi connectivity index (χ3v) is 5.10. The first kappa shape index (κ1) is 18.6. The Labute approximate surface area is 147 Å². The Bertz CT molecular complexity index is 870. The van der Waals surface area contributed by atoms with Gasteiger partial charge < -0.3 is 16.4 Å². The molecule has 25 heavy (non-hydrogen) atoms. The van der Waals surface area contributed by atoms with E-state index in [9.17, 15) is 17.6 Å². The lowest BCUT2D eigenvalue weighted by molar-refractivity contribution is -0.120. The van der Waals surface area contributed by atoms with E-state index < -0.39 is 21.7 Å². The number of amides is 1. The molecule has 0 saturated heterocycles. The number of carbonyl (C=O) groups excluding carboxylic acids is 1. The quantitative estimate of drug-likeness (QED) is 0.338. The van der Waals surface area contributed by atoms with Crippen LogP contribution in [0, 0.1) is 11.2 Å². The molecule has 0 radical (unpaired) electrons. The molecule has 0 fully saturated rings. The van der Waals surface area contributed by atoms with Crippen molar-refractivity contribution in [2.75, 3.05) is 11.3 Å². The molecule has 1 heterocycles. The number of hydrogen-bond acceptors (Lipinski definition) is 6. The van der Waals surface area contributed by atoms with E-state index in [0.29, 0.717) is 5.00 Å². The topological polar surface area (TPSA) is 150 Å². The van der Waals surface area contributed by atoms with Crippen LogP contribution < -0.4 is 21.1 Å². The number of guanidine groups is 1. The van der Waals surface area contributed by atoms with Crippen molar-refractivity contribution in [2.24, 2.45) is 5.73 Å². The molecule has 0 bridgehead atoms. The summed E-state index contributed by atoms with van der Waals surface area (Å²) in [5.74, 6) is -1.62. The molecule has 9 nitrogen and oxygen atoms in total. The highest BCUT2D eigenvalue weighted by Gasteiger charge is 2.17. The van der Waals surface area contributed by atoms with Crippen LogP contribution in [0.2, 0.25) is 0 Å². The minimum atomic E-state index is -3.93. The molecule has 0 aliphatic carbocycles. The van der Waals surface area contributed by atoms with Gasteiger partial charge in [-0.25, -0.2) is 12.8 Å². The predicted octanol–water partition coefficient (Wildman–Crippen LogP) is 0.182. The number of benzene rings is 1. The van der Waals surface area contributed by atoms with Crippen molar-refractivity contribution < 1.29 is 17.6 Å². The van der Waals surface area contributed by atoms with Gasteiger partial charge in [-0.2, -0.15) is 0 Å². The predicted molar refractivity (Wildman–Crippen MR) is 91.1 cm³/mol. The van der Waals surface area contributed by atoms with Crippen LogP contribution in [0.15, 0.2) is 34.8 Å². The van der Waals surface area contributed by atoms with Crippen molar-refractivity contribution in [3.8, 4) is 0 Å². The van der Waals surface area contributed by atoms with Gasteiger partial charge in [0.25, 0.3) is 10.0 Å². The molecule has 6 N–H and O–H groups in total. The van der Waals surface area contributed by atoms with Crippen LogP contribution in [0.5, 0.6) is 0 Å². The molecule has 1 amide bonds. The van der Waals surface area contributed by atoms with Crippen LogP contribution in [0.1, 0.15) is 5.56 Å². The van der Waals surface area contributed by atoms with Crippen LogP contribution in [-0.2, 0) is 21.4 Å². The molecule has 1 aromatic carbocycles. The van der Waals surface area contributed by atoms with Crippen molar-refractivity contribution in [1.82, 2.24) is 15.6 Å². The second-order valence-corrected chi connectivity index (χ2v) is 7.34.